The van der Waals surface area contributed by atoms with Gasteiger partial charge in [-0.25, -0.2) is 12.7 Å². The fourth-order valence-corrected chi connectivity index (χ4v) is 3.64. The normalized spacial score (nSPS) is 11.8. The molecule has 1 aromatic heterocycles. The Hall–Kier alpha value is -1.67. The zero-order chi connectivity index (χ0) is 16.2. The van der Waals surface area contributed by atoms with Crippen molar-refractivity contribution in [3.8, 4) is 0 Å². The maximum Gasteiger partial charge on any atom is 0.325 e. The molecule has 0 bridgehead atoms. The van der Waals surface area contributed by atoms with Gasteiger partial charge >= 0.3 is 5.97 Å². The van der Waals surface area contributed by atoms with Gasteiger partial charge in [0.2, 0.25) is 10.0 Å². The van der Waals surface area contributed by atoms with Crippen LogP contribution in [0.4, 0.5) is 0 Å². The molecule has 0 saturated heterocycles. The van der Waals surface area contributed by atoms with Crippen molar-refractivity contribution in [1.29, 1.82) is 0 Å². The van der Waals surface area contributed by atoms with Gasteiger partial charge in [-0.1, -0.05) is 6.08 Å². The lowest BCUT2D eigenvalue weighted by atomic mass is 10.3. The fourth-order valence-electron chi connectivity index (χ4n) is 2.07. The summed E-state index contributed by atoms with van der Waals surface area (Å²) in [6.07, 6.45) is 3.15. The van der Waals surface area contributed by atoms with Crippen molar-refractivity contribution in [3.63, 3.8) is 0 Å². The van der Waals surface area contributed by atoms with Gasteiger partial charge in [0, 0.05) is 13.6 Å². The largest absolute Gasteiger partial charge is 0.480 e. The molecule has 0 atom stereocenters. The molecule has 0 aliphatic rings. The van der Waals surface area contributed by atoms with Crippen LogP contribution in [-0.4, -0.2) is 47.2 Å². The third-order valence-electron chi connectivity index (χ3n) is 3.15. The number of carboxylic acids is 1. The van der Waals surface area contributed by atoms with Crippen molar-refractivity contribution in [2.45, 2.75) is 38.1 Å². The van der Waals surface area contributed by atoms with E-state index in [0.717, 1.165) is 6.42 Å². The molecular formula is C13H21N3O4S. The predicted molar refractivity (Wildman–Crippen MR) is 78.6 cm³/mol. The number of hydrogen-bond acceptors (Lipinski definition) is 4. The highest BCUT2D eigenvalue weighted by Gasteiger charge is 2.28. The van der Waals surface area contributed by atoms with E-state index in [9.17, 15) is 13.2 Å². The fraction of sp³-hybridized carbons (Fsp3) is 0.538. The molecule has 0 saturated carbocycles. The SMILES string of the molecule is C=CCCCN(C)S(=O)(=O)c1c(C)nn(CC(=O)O)c1C. The molecule has 0 spiro atoms. The Morgan fingerprint density at radius 3 is 2.62 bits per heavy atom. The van der Waals surface area contributed by atoms with E-state index in [4.69, 9.17) is 5.11 Å². The summed E-state index contributed by atoms with van der Waals surface area (Å²) in [6.45, 7) is 6.74. The summed E-state index contributed by atoms with van der Waals surface area (Å²) in [7, 11) is -2.17. The maximum atomic E-state index is 12.6. The van der Waals surface area contributed by atoms with E-state index in [1.54, 1.807) is 19.9 Å². The monoisotopic (exact) mass is 315 g/mol. The van der Waals surface area contributed by atoms with Gasteiger partial charge in [-0.2, -0.15) is 5.10 Å². The van der Waals surface area contributed by atoms with E-state index in [1.807, 2.05) is 0 Å². The van der Waals surface area contributed by atoms with E-state index in [2.05, 4.69) is 11.7 Å². The van der Waals surface area contributed by atoms with Crippen molar-refractivity contribution in [1.82, 2.24) is 14.1 Å². The lowest BCUT2D eigenvalue weighted by Crippen LogP contribution is -2.28. The van der Waals surface area contributed by atoms with Gasteiger partial charge in [-0.15, -0.1) is 6.58 Å². The first-order valence-electron chi connectivity index (χ1n) is 6.54. The lowest BCUT2D eigenvalue weighted by molar-refractivity contribution is -0.137. The molecule has 1 aromatic rings. The van der Waals surface area contributed by atoms with Gasteiger partial charge in [0.1, 0.15) is 11.4 Å². The number of aromatic nitrogens is 2. The van der Waals surface area contributed by atoms with E-state index < -0.39 is 16.0 Å². The number of hydrogen-bond donors (Lipinski definition) is 1. The molecule has 8 heteroatoms. The van der Waals surface area contributed by atoms with E-state index in [0.29, 0.717) is 24.4 Å². The third kappa shape index (κ3) is 3.92. The number of allylic oxidation sites excluding steroid dienone is 1. The number of aryl methyl sites for hydroxylation is 1. The molecule has 118 valence electrons. The molecule has 1 heterocycles. The van der Waals surface area contributed by atoms with Gasteiger partial charge < -0.3 is 5.11 Å². The second-order valence-electron chi connectivity index (χ2n) is 4.81. The Kier molecular flexibility index (Phi) is 5.68. The number of unbranched alkanes of at least 4 members (excludes halogenated alkanes) is 1. The average molecular weight is 315 g/mol. The first kappa shape index (κ1) is 17.4. The Balaban J connectivity index is 3.10. The van der Waals surface area contributed by atoms with Gasteiger partial charge in [0.05, 0.1) is 11.4 Å². The van der Waals surface area contributed by atoms with E-state index in [1.165, 1.54) is 16.0 Å². The van der Waals surface area contributed by atoms with Gasteiger partial charge in [-0.3, -0.25) is 9.48 Å². The van der Waals surface area contributed by atoms with Crippen LogP contribution in [0.3, 0.4) is 0 Å². The maximum absolute atomic E-state index is 12.6. The molecule has 21 heavy (non-hydrogen) atoms. The number of carboxylic acid groups (broad SMARTS) is 1. The molecule has 0 amide bonds. The topological polar surface area (TPSA) is 92.5 Å². The predicted octanol–water partition coefficient (Wildman–Crippen LogP) is 1.17. The Bertz CT molecular complexity index is 634. The van der Waals surface area contributed by atoms with Crippen molar-refractivity contribution < 1.29 is 18.3 Å². The summed E-state index contributed by atoms with van der Waals surface area (Å²) in [5.41, 5.74) is 0.648. The summed E-state index contributed by atoms with van der Waals surface area (Å²) in [4.78, 5) is 10.9. The molecule has 1 rings (SSSR count). The Labute approximate surface area is 124 Å². The molecule has 7 nitrogen and oxygen atoms in total. The van der Waals surface area contributed by atoms with Crippen molar-refractivity contribution in [2.75, 3.05) is 13.6 Å². The highest BCUT2D eigenvalue weighted by Crippen LogP contribution is 2.23. The second-order valence-corrected chi connectivity index (χ2v) is 6.79. The Morgan fingerprint density at radius 1 is 1.48 bits per heavy atom. The summed E-state index contributed by atoms with van der Waals surface area (Å²) < 4.78 is 27.6. The van der Waals surface area contributed by atoms with Crippen LogP contribution in [0.1, 0.15) is 24.2 Å². The first-order valence-corrected chi connectivity index (χ1v) is 7.98. The van der Waals surface area contributed by atoms with Gasteiger partial charge in [0.25, 0.3) is 0 Å². The molecule has 0 aromatic carbocycles. The summed E-state index contributed by atoms with van der Waals surface area (Å²) >= 11 is 0. The molecule has 0 radical (unpaired) electrons. The minimum absolute atomic E-state index is 0.0878. The highest BCUT2D eigenvalue weighted by atomic mass is 32.2. The average Bonchev–Trinajstić information content (AvgIpc) is 2.64. The standard InChI is InChI=1S/C13H21N3O4S/c1-5-6-7-8-15(4)21(19,20)13-10(2)14-16(11(13)3)9-12(17)18/h5H,1,6-9H2,2-4H3,(H,17,18). The minimum Gasteiger partial charge on any atom is -0.480 e. The molecule has 0 aliphatic carbocycles. The summed E-state index contributed by atoms with van der Waals surface area (Å²) in [5, 5.41) is 12.8. The van der Waals surface area contributed by atoms with E-state index >= 15 is 0 Å². The minimum atomic E-state index is -3.67. The molecule has 0 unspecified atom stereocenters. The zero-order valence-electron chi connectivity index (χ0n) is 12.5. The molecule has 1 N–H and O–H groups in total. The van der Waals surface area contributed by atoms with Crippen molar-refractivity contribution in [2.24, 2.45) is 0 Å². The number of aliphatic carboxylic acids is 1. The zero-order valence-corrected chi connectivity index (χ0v) is 13.4. The highest BCUT2D eigenvalue weighted by molar-refractivity contribution is 7.89. The summed E-state index contributed by atoms with van der Waals surface area (Å²) in [6, 6.07) is 0. The van der Waals surface area contributed by atoms with Crippen LogP contribution in [-0.2, 0) is 21.4 Å². The van der Waals surface area contributed by atoms with Gasteiger partial charge in [0.15, 0.2) is 0 Å². The van der Waals surface area contributed by atoms with Crippen LogP contribution >= 0.6 is 0 Å². The molecule has 0 aliphatic heterocycles. The summed E-state index contributed by atoms with van der Waals surface area (Å²) in [5.74, 6) is -1.07. The van der Waals surface area contributed by atoms with Crippen LogP contribution < -0.4 is 0 Å². The second kappa shape index (κ2) is 6.86. The number of sulfonamides is 1. The Morgan fingerprint density at radius 2 is 2.10 bits per heavy atom. The first-order chi connectivity index (χ1) is 9.71. The van der Waals surface area contributed by atoms with Crippen LogP contribution in [0.15, 0.2) is 17.6 Å². The van der Waals surface area contributed by atoms with Crippen molar-refractivity contribution in [3.05, 3.63) is 24.0 Å². The molecular weight excluding hydrogens is 294 g/mol. The van der Waals surface area contributed by atoms with E-state index in [-0.39, 0.29) is 11.4 Å². The van der Waals surface area contributed by atoms with Crippen LogP contribution in [0.2, 0.25) is 0 Å². The lowest BCUT2D eigenvalue weighted by Gasteiger charge is -2.17. The van der Waals surface area contributed by atoms with Gasteiger partial charge in [-0.05, 0) is 26.7 Å². The van der Waals surface area contributed by atoms with Crippen LogP contribution in [0.5, 0.6) is 0 Å². The quantitative estimate of drug-likeness (QED) is 0.574. The number of carbonyl (C=O) groups is 1. The van der Waals surface area contributed by atoms with Crippen LogP contribution in [0, 0.1) is 13.8 Å². The number of rotatable bonds is 8. The van der Waals surface area contributed by atoms with Crippen LogP contribution in [0.25, 0.3) is 0 Å². The third-order valence-corrected chi connectivity index (χ3v) is 5.26. The molecule has 0 fully saturated rings. The van der Waals surface area contributed by atoms with Crippen molar-refractivity contribution >= 4 is 16.0 Å². The number of nitrogens with zero attached hydrogens (tertiary/aromatic N) is 3. The smallest absolute Gasteiger partial charge is 0.325 e.